The first-order valence-electron chi connectivity index (χ1n) is 6.71. The summed E-state index contributed by atoms with van der Waals surface area (Å²) in [4.78, 5) is 12.1. The minimum atomic E-state index is -0.0679. The number of hydrogen-bond acceptors (Lipinski definition) is 2. The van der Waals surface area contributed by atoms with Gasteiger partial charge in [-0.05, 0) is 23.1 Å². The smallest absolute Gasteiger partial charge is 0.166 e. The summed E-state index contributed by atoms with van der Waals surface area (Å²) in [6, 6.07) is 10.1. The Morgan fingerprint density at radius 1 is 1.16 bits per heavy atom. The summed E-state index contributed by atoms with van der Waals surface area (Å²) in [5.74, 6) is 1.06. The van der Waals surface area contributed by atoms with Crippen LogP contribution in [0.15, 0.2) is 53.8 Å². The van der Waals surface area contributed by atoms with Gasteiger partial charge in [0.2, 0.25) is 0 Å². The molecule has 1 aliphatic heterocycles. The number of allylic oxidation sites excluding steroid dienone is 3. The fourth-order valence-corrected chi connectivity index (χ4v) is 2.77. The number of benzene rings is 1. The van der Waals surface area contributed by atoms with Crippen molar-refractivity contribution >= 4 is 5.78 Å². The van der Waals surface area contributed by atoms with E-state index in [1.807, 2.05) is 30.4 Å². The van der Waals surface area contributed by atoms with Gasteiger partial charge in [-0.15, -0.1) is 0 Å². The molecule has 0 saturated heterocycles. The van der Waals surface area contributed by atoms with Crippen LogP contribution in [0.25, 0.3) is 0 Å². The molecule has 98 valence electrons. The van der Waals surface area contributed by atoms with Gasteiger partial charge >= 0.3 is 0 Å². The maximum Gasteiger partial charge on any atom is 0.166 e. The van der Waals surface area contributed by atoms with Gasteiger partial charge in [0.1, 0.15) is 11.9 Å². The lowest BCUT2D eigenvalue weighted by atomic mass is 9.76. The standard InChI is InChI=1S/C17H18O2/c1-17(2)10-14(18)13-8-9-15(19-16(13)11-17)12-6-4-3-5-7-12/h3-9,15H,10-11H2,1-2H3. The molecule has 3 rings (SSSR count). The van der Waals surface area contributed by atoms with Gasteiger partial charge in [0.25, 0.3) is 0 Å². The van der Waals surface area contributed by atoms with E-state index in [9.17, 15) is 4.79 Å². The number of ketones is 1. The molecular weight excluding hydrogens is 236 g/mol. The third-order valence-corrected chi connectivity index (χ3v) is 3.71. The van der Waals surface area contributed by atoms with Gasteiger partial charge in [-0.25, -0.2) is 0 Å². The van der Waals surface area contributed by atoms with E-state index in [0.29, 0.717) is 6.42 Å². The molecule has 0 N–H and O–H groups in total. The molecule has 1 unspecified atom stereocenters. The Kier molecular flexibility index (Phi) is 2.81. The van der Waals surface area contributed by atoms with Crippen molar-refractivity contribution in [2.24, 2.45) is 5.41 Å². The third-order valence-electron chi connectivity index (χ3n) is 3.71. The molecule has 0 fully saturated rings. The maximum atomic E-state index is 12.1. The lowest BCUT2D eigenvalue weighted by Crippen LogP contribution is -2.28. The van der Waals surface area contributed by atoms with Crippen molar-refractivity contribution < 1.29 is 9.53 Å². The normalized spacial score (nSPS) is 24.9. The molecule has 0 bridgehead atoms. The number of carbonyl (C=O) groups is 1. The topological polar surface area (TPSA) is 26.3 Å². The molecular formula is C17H18O2. The van der Waals surface area contributed by atoms with Crippen LogP contribution < -0.4 is 0 Å². The van der Waals surface area contributed by atoms with E-state index in [1.54, 1.807) is 0 Å². The van der Waals surface area contributed by atoms with Crippen LogP contribution in [-0.2, 0) is 9.53 Å². The Balaban J connectivity index is 1.89. The van der Waals surface area contributed by atoms with Crippen molar-refractivity contribution in [2.75, 3.05) is 0 Å². The minimum Gasteiger partial charge on any atom is -0.485 e. The van der Waals surface area contributed by atoms with Crippen LogP contribution in [0, 0.1) is 5.41 Å². The Morgan fingerprint density at radius 3 is 2.63 bits per heavy atom. The molecule has 1 atom stereocenters. The van der Waals surface area contributed by atoms with Crippen LogP contribution in [0.4, 0.5) is 0 Å². The SMILES string of the molecule is CC1(C)CC(=O)C2=C(C1)OC(c1ccccc1)C=C2. The predicted octanol–water partition coefficient (Wildman–Crippen LogP) is 3.96. The van der Waals surface area contributed by atoms with E-state index < -0.39 is 0 Å². The van der Waals surface area contributed by atoms with E-state index in [-0.39, 0.29) is 17.3 Å². The summed E-state index contributed by atoms with van der Waals surface area (Å²) in [5.41, 5.74) is 1.90. The molecule has 0 aromatic heterocycles. The summed E-state index contributed by atoms with van der Waals surface area (Å²) >= 11 is 0. The zero-order chi connectivity index (χ0) is 13.5. The lowest BCUT2D eigenvalue weighted by Gasteiger charge is -2.34. The van der Waals surface area contributed by atoms with Crippen molar-refractivity contribution in [3.8, 4) is 0 Å². The summed E-state index contributed by atoms with van der Waals surface area (Å²) in [5, 5.41) is 0. The largest absolute Gasteiger partial charge is 0.485 e. The maximum absolute atomic E-state index is 12.1. The fourth-order valence-electron chi connectivity index (χ4n) is 2.77. The monoisotopic (exact) mass is 254 g/mol. The highest BCUT2D eigenvalue weighted by atomic mass is 16.5. The summed E-state index contributed by atoms with van der Waals surface area (Å²) in [7, 11) is 0. The second-order valence-electron chi connectivity index (χ2n) is 6.09. The molecule has 2 nitrogen and oxygen atoms in total. The quantitative estimate of drug-likeness (QED) is 0.758. The molecule has 2 aliphatic rings. The zero-order valence-electron chi connectivity index (χ0n) is 11.3. The highest BCUT2D eigenvalue weighted by molar-refractivity contribution is 6.00. The van der Waals surface area contributed by atoms with Crippen molar-refractivity contribution in [3.63, 3.8) is 0 Å². The molecule has 1 aliphatic carbocycles. The molecule has 0 saturated carbocycles. The van der Waals surface area contributed by atoms with Gasteiger partial charge in [0.15, 0.2) is 5.78 Å². The van der Waals surface area contributed by atoms with Gasteiger partial charge in [-0.1, -0.05) is 44.2 Å². The molecule has 1 aromatic carbocycles. The summed E-state index contributed by atoms with van der Waals surface area (Å²) in [6.07, 6.45) is 5.29. The van der Waals surface area contributed by atoms with E-state index in [0.717, 1.165) is 23.3 Å². The molecule has 19 heavy (non-hydrogen) atoms. The number of hydrogen-bond donors (Lipinski definition) is 0. The Hall–Kier alpha value is -1.83. The molecule has 1 aromatic rings. The average molecular weight is 254 g/mol. The first kappa shape index (κ1) is 12.2. The van der Waals surface area contributed by atoms with Gasteiger partial charge in [-0.3, -0.25) is 4.79 Å². The molecule has 0 amide bonds. The second kappa shape index (κ2) is 4.37. The Labute approximate surface area is 113 Å². The summed E-state index contributed by atoms with van der Waals surface area (Å²) < 4.78 is 6.05. The van der Waals surface area contributed by atoms with Crippen LogP contribution in [0.3, 0.4) is 0 Å². The first-order valence-corrected chi connectivity index (χ1v) is 6.71. The highest BCUT2D eigenvalue weighted by Gasteiger charge is 2.35. The van der Waals surface area contributed by atoms with Crippen molar-refractivity contribution in [1.29, 1.82) is 0 Å². The minimum absolute atomic E-state index is 0.00232. The van der Waals surface area contributed by atoms with Gasteiger partial charge < -0.3 is 4.74 Å². The number of rotatable bonds is 1. The van der Waals surface area contributed by atoms with Crippen molar-refractivity contribution in [1.82, 2.24) is 0 Å². The Morgan fingerprint density at radius 2 is 1.89 bits per heavy atom. The van der Waals surface area contributed by atoms with Crippen LogP contribution in [0.5, 0.6) is 0 Å². The van der Waals surface area contributed by atoms with Crippen LogP contribution in [0.2, 0.25) is 0 Å². The average Bonchev–Trinajstić information content (AvgIpc) is 2.37. The first-order chi connectivity index (χ1) is 9.05. The predicted molar refractivity (Wildman–Crippen MR) is 74.5 cm³/mol. The second-order valence-corrected chi connectivity index (χ2v) is 6.09. The van der Waals surface area contributed by atoms with Crippen LogP contribution in [0.1, 0.15) is 38.4 Å². The molecule has 2 heteroatoms. The van der Waals surface area contributed by atoms with E-state index in [4.69, 9.17) is 4.74 Å². The molecule has 1 heterocycles. The number of ether oxygens (including phenoxy) is 1. The molecule has 0 radical (unpaired) electrons. The summed E-state index contributed by atoms with van der Waals surface area (Å²) in [6.45, 7) is 4.24. The highest BCUT2D eigenvalue weighted by Crippen LogP contribution is 2.42. The molecule has 0 spiro atoms. The zero-order valence-corrected chi connectivity index (χ0v) is 11.3. The van der Waals surface area contributed by atoms with Gasteiger partial charge in [0.05, 0.1) is 5.57 Å². The number of Topliss-reactive ketones (excluding diaryl/α,β-unsaturated/α-hetero) is 1. The van der Waals surface area contributed by atoms with Crippen LogP contribution in [-0.4, -0.2) is 5.78 Å². The Bertz CT molecular complexity index is 564. The van der Waals surface area contributed by atoms with Crippen molar-refractivity contribution in [3.05, 3.63) is 59.4 Å². The number of carbonyl (C=O) groups excluding carboxylic acids is 1. The van der Waals surface area contributed by atoms with Gasteiger partial charge in [0, 0.05) is 12.8 Å². The van der Waals surface area contributed by atoms with E-state index in [2.05, 4.69) is 26.0 Å². The van der Waals surface area contributed by atoms with E-state index in [1.165, 1.54) is 0 Å². The fraction of sp³-hybridized carbons (Fsp3) is 0.353. The van der Waals surface area contributed by atoms with Crippen molar-refractivity contribution in [2.45, 2.75) is 32.8 Å². The lowest BCUT2D eigenvalue weighted by molar-refractivity contribution is -0.118. The van der Waals surface area contributed by atoms with Crippen LogP contribution >= 0.6 is 0 Å². The third kappa shape index (κ3) is 2.35. The van der Waals surface area contributed by atoms with E-state index >= 15 is 0 Å². The van der Waals surface area contributed by atoms with Gasteiger partial charge in [-0.2, -0.15) is 0 Å².